The maximum atomic E-state index is 11.7. The summed E-state index contributed by atoms with van der Waals surface area (Å²) >= 11 is 0. The Hall–Kier alpha value is -0.740. The fraction of sp³-hybridized carbons (Fsp3) is 0.833. The standard InChI is InChI=1S/C12H18O4/c1-11(9(13)3-4-10(11)14)5-6-12(2)15-7-8-16-12/h3-8H2,1-2H3. The Morgan fingerprint density at radius 2 is 1.50 bits per heavy atom. The fourth-order valence-electron chi connectivity index (χ4n) is 2.39. The lowest BCUT2D eigenvalue weighted by atomic mass is 9.81. The quantitative estimate of drug-likeness (QED) is 0.684. The van der Waals surface area contributed by atoms with Crippen LogP contribution in [0.1, 0.15) is 39.5 Å². The normalized spacial score (nSPS) is 27.6. The Morgan fingerprint density at radius 3 is 2.00 bits per heavy atom. The van der Waals surface area contributed by atoms with Crippen molar-refractivity contribution in [2.75, 3.05) is 13.2 Å². The summed E-state index contributed by atoms with van der Waals surface area (Å²) in [6.45, 7) is 4.81. The Bertz CT molecular complexity index is 299. The van der Waals surface area contributed by atoms with Crippen molar-refractivity contribution >= 4 is 11.6 Å². The number of hydrogen-bond donors (Lipinski definition) is 0. The third kappa shape index (κ3) is 1.92. The van der Waals surface area contributed by atoms with Gasteiger partial charge in [0.05, 0.1) is 18.6 Å². The van der Waals surface area contributed by atoms with Crippen LogP contribution in [-0.4, -0.2) is 30.6 Å². The highest BCUT2D eigenvalue weighted by Crippen LogP contribution is 2.38. The molecule has 0 radical (unpaired) electrons. The second-order valence-electron chi connectivity index (χ2n) is 5.01. The van der Waals surface area contributed by atoms with Gasteiger partial charge in [0.25, 0.3) is 0 Å². The highest BCUT2D eigenvalue weighted by molar-refractivity contribution is 6.12. The first kappa shape index (κ1) is 11.7. The van der Waals surface area contributed by atoms with Gasteiger partial charge in [-0.05, 0) is 20.3 Å². The first-order valence-electron chi connectivity index (χ1n) is 5.81. The van der Waals surface area contributed by atoms with Gasteiger partial charge in [0, 0.05) is 19.3 Å². The highest BCUT2D eigenvalue weighted by Gasteiger charge is 2.46. The smallest absolute Gasteiger partial charge is 0.165 e. The van der Waals surface area contributed by atoms with Crippen LogP contribution in [0.25, 0.3) is 0 Å². The summed E-state index contributed by atoms with van der Waals surface area (Å²) in [5.41, 5.74) is -0.793. The van der Waals surface area contributed by atoms with Gasteiger partial charge in [0.15, 0.2) is 5.79 Å². The van der Waals surface area contributed by atoms with E-state index in [1.54, 1.807) is 6.92 Å². The van der Waals surface area contributed by atoms with Crippen LogP contribution in [0, 0.1) is 5.41 Å². The molecule has 0 aromatic rings. The van der Waals surface area contributed by atoms with Gasteiger partial charge in [-0.2, -0.15) is 0 Å². The predicted octanol–water partition coefficient (Wildman–Crippen LogP) is 1.47. The van der Waals surface area contributed by atoms with Crippen molar-refractivity contribution in [3.8, 4) is 0 Å². The molecule has 2 fully saturated rings. The van der Waals surface area contributed by atoms with Crippen LogP contribution in [0.4, 0.5) is 0 Å². The molecule has 0 spiro atoms. The summed E-state index contributed by atoms with van der Waals surface area (Å²) in [7, 11) is 0. The van der Waals surface area contributed by atoms with Crippen molar-refractivity contribution in [2.24, 2.45) is 5.41 Å². The molecule has 4 nitrogen and oxygen atoms in total. The maximum absolute atomic E-state index is 11.7. The van der Waals surface area contributed by atoms with Gasteiger partial charge in [-0.25, -0.2) is 0 Å². The average Bonchev–Trinajstić information content (AvgIpc) is 2.78. The minimum atomic E-state index is -0.793. The van der Waals surface area contributed by atoms with Gasteiger partial charge in [-0.15, -0.1) is 0 Å². The molecule has 1 saturated heterocycles. The van der Waals surface area contributed by atoms with Gasteiger partial charge in [-0.1, -0.05) is 0 Å². The highest BCUT2D eigenvalue weighted by atomic mass is 16.7. The minimum absolute atomic E-state index is 0.0686. The molecule has 1 heterocycles. The summed E-state index contributed by atoms with van der Waals surface area (Å²) < 4.78 is 10.9. The van der Waals surface area contributed by atoms with E-state index in [1.807, 2.05) is 6.92 Å². The van der Waals surface area contributed by atoms with E-state index in [9.17, 15) is 9.59 Å². The largest absolute Gasteiger partial charge is 0.348 e. The molecule has 16 heavy (non-hydrogen) atoms. The first-order chi connectivity index (χ1) is 7.46. The van der Waals surface area contributed by atoms with E-state index in [1.165, 1.54) is 0 Å². The molecular formula is C12H18O4. The van der Waals surface area contributed by atoms with E-state index >= 15 is 0 Å². The molecule has 0 aromatic heterocycles. The number of rotatable bonds is 3. The van der Waals surface area contributed by atoms with E-state index in [0.717, 1.165) is 0 Å². The Kier molecular flexibility index (Phi) is 2.88. The summed E-state index contributed by atoms with van der Waals surface area (Å²) in [4.78, 5) is 23.4. The monoisotopic (exact) mass is 226 g/mol. The molecule has 1 saturated carbocycles. The van der Waals surface area contributed by atoms with Crippen molar-refractivity contribution < 1.29 is 19.1 Å². The molecule has 2 aliphatic rings. The van der Waals surface area contributed by atoms with Crippen molar-refractivity contribution in [1.29, 1.82) is 0 Å². The lowest BCUT2D eigenvalue weighted by Crippen LogP contribution is -2.34. The SMILES string of the molecule is CC1(CCC2(C)C(=O)CCC2=O)OCCO1. The van der Waals surface area contributed by atoms with Crippen LogP contribution in [0.5, 0.6) is 0 Å². The topological polar surface area (TPSA) is 52.6 Å². The fourth-order valence-corrected chi connectivity index (χ4v) is 2.39. The third-order valence-corrected chi connectivity index (χ3v) is 3.79. The zero-order valence-electron chi connectivity index (χ0n) is 9.88. The molecule has 4 heteroatoms. The molecule has 1 aliphatic carbocycles. The number of hydrogen-bond acceptors (Lipinski definition) is 4. The van der Waals surface area contributed by atoms with Crippen LogP contribution < -0.4 is 0 Å². The van der Waals surface area contributed by atoms with E-state index in [2.05, 4.69) is 0 Å². The molecule has 0 atom stereocenters. The summed E-state index contributed by atoms with van der Waals surface area (Å²) in [6.07, 6.45) is 1.92. The van der Waals surface area contributed by atoms with Crippen LogP contribution in [0.3, 0.4) is 0 Å². The number of Topliss-reactive ketones (excluding diaryl/α,β-unsaturated/α-hetero) is 2. The van der Waals surface area contributed by atoms with E-state index < -0.39 is 11.2 Å². The third-order valence-electron chi connectivity index (χ3n) is 3.79. The zero-order chi connectivity index (χ0) is 11.8. The summed E-state index contributed by atoms with van der Waals surface area (Å²) in [5.74, 6) is -0.468. The van der Waals surface area contributed by atoms with Crippen LogP contribution >= 0.6 is 0 Å². The summed E-state index contributed by atoms with van der Waals surface area (Å²) in [5, 5.41) is 0. The number of ether oxygens (including phenoxy) is 2. The maximum Gasteiger partial charge on any atom is 0.165 e. The van der Waals surface area contributed by atoms with Crippen LogP contribution in [0.15, 0.2) is 0 Å². The molecular weight excluding hydrogens is 208 g/mol. The number of ketones is 2. The summed E-state index contributed by atoms with van der Waals surface area (Å²) in [6, 6.07) is 0. The second kappa shape index (κ2) is 3.93. The molecule has 0 bridgehead atoms. The molecule has 0 aromatic carbocycles. The number of carbonyl (C=O) groups excluding carboxylic acids is 2. The van der Waals surface area contributed by atoms with E-state index in [-0.39, 0.29) is 11.6 Å². The first-order valence-corrected chi connectivity index (χ1v) is 5.81. The van der Waals surface area contributed by atoms with Gasteiger partial charge in [-0.3, -0.25) is 9.59 Å². The van der Waals surface area contributed by atoms with Gasteiger partial charge in [0.1, 0.15) is 11.6 Å². The van der Waals surface area contributed by atoms with Crippen LogP contribution in [-0.2, 0) is 19.1 Å². The average molecular weight is 226 g/mol. The molecule has 0 N–H and O–H groups in total. The lowest BCUT2D eigenvalue weighted by molar-refractivity contribution is -0.155. The van der Waals surface area contributed by atoms with Crippen molar-refractivity contribution in [3.05, 3.63) is 0 Å². The van der Waals surface area contributed by atoms with Crippen LogP contribution in [0.2, 0.25) is 0 Å². The molecule has 90 valence electrons. The van der Waals surface area contributed by atoms with Gasteiger partial charge in [0.2, 0.25) is 0 Å². The molecule has 1 aliphatic heterocycles. The molecule has 2 rings (SSSR count). The van der Waals surface area contributed by atoms with E-state index in [0.29, 0.717) is 38.9 Å². The second-order valence-corrected chi connectivity index (χ2v) is 5.01. The Morgan fingerprint density at radius 1 is 1.00 bits per heavy atom. The number of carbonyl (C=O) groups is 2. The van der Waals surface area contributed by atoms with Crippen molar-refractivity contribution in [1.82, 2.24) is 0 Å². The predicted molar refractivity (Wildman–Crippen MR) is 56.9 cm³/mol. The Labute approximate surface area is 95.3 Å². The Balaban J connectivity index is 1.99. The minimum Gasteiger partial charge on any atom is -0.348 e. The van der Waals surface area contributed by atoms with E-state index in [4.69, 9.17) is 9.47 Å². The van der Waals surface area contributed by atoms with Gasteiger partial charge < -0.3 is 9.47 Å². The molecule has 0 amide bonds. The molecule has 0 unspecified atom stereocenters. The zero-order valence-corrected chi connectivity index (χ0v) is 9.88. The van der Waals surface area contributed by atoms with Gasteiger partial charge >= 0.3 is 0 Å². The lowest BCUT2D eigenvalue weighted by Gasteiger charge is -2.27. The van der Waals surface area contributed by atoms with Crippen molar-refractivity contribution in [3.63, 3.8) is 0 Å². The van der Waals surface area contributed by atoms with Crippen molar-refractivity contribution in [2.45, 2.75) is 45.3 Å².